The molecule has 0 spiro atoms. The lowest BCUT2D eigenvalue weighted by Crippen LogP contribution is -2.46. The van der Waals surface area contributed by atoms with Crippen LogP contribution in [0.25, 0.3) is 0 Å². The molecule has 0 aliphatic heterocycles. The summed E-state index contributed by atoms with van der Waals surface area (Å²) < 4.78 is 1.20. The van der Waals surface area contributed by atoms with Crippen LogP contribution in [0.2, 0.25) is 0 Å². The first-order valence-corrected chi connectivity index (χ1v) is 6.35. The summed E-state index contributed by atoms with van der Waals surface area (Å²) in [6.45, 7) is 3.85. The van der Waals surface area contributed by atoms with Crippen LogP contribution >= 0.6 is 0 Å². The summed E-state index contributed by atoms with van der Waals surface area (Å²) in [5.74, 6) is -0.594. The van der Waals surface area contributed by atoms with Crippen molar-refractivity contribution < 1.29 is 9.59 Å². The van der Waals surface area contributed by atoms with Crippen molar-refractivity contribution in [3.05, 3.63) is 28.7 Å². The average molecular weight is 280 g/mol. The number of amides is 2. The molecule has 0 aromatic carbocycles. The van der Waals surface area contributed by atoms with Crippen molar-refractivity contribution in [2.24, 2.45) is 0 Å². The molecule has 1 atom stereocenters. The number of nitrogen functional groups attached to an aromatic ring is 1. The zero-order valence-corrected chi connectivity index (χ0v) is 11.9. The first-order chi connectivity index (χ1) is 9.35. The van der Waals surface area contributed by atoms with Crippen LogP contribution in [0.1, 0.15) is 13.8 Å². The Morgan fingerprint density at radius 3 is 2.70 bits per heavy atom. The van der Waals surface area contributed by atoms with Gasteiger partial charge in [-0.2, -0.15) is 0 Å². The van der Waals surface area contributed by atoms with E-state index in [1.807, 2.05) is 6.92 Å². The number of carbonyl (C=O) groups excluding carboxylic acids is 2. The van der Waals surface area contributed by atoms with Gasteiger partial charge in [-0.1, -0.05) is 0 Å². The topological polar surface area (TPSA) is 97.4 Å². The fourth-order valence-electron chi connectivity index (χ4n) is 1.66. The molecule has 1 rings (SSSR count). The molecule has 0 aliphatic rings. The molecule has 1 unspecified atom stereocenters. The van der Waals surface area contributed by atoms with Crippen molar-refractivity contribution in [2.75, 3.05) is 19.3 Å². The van der Waals surface area contributed by atoms with Crippen molar-refractivity contribution in [1.29, 1.82) is 0 Å². The lowest BCUT2D eigenvalue weighted by atomic mass is 10.3. The number of nitrogens with one attached hydrogen (secondary N) is 1. The van der Waals surface area contributed by atoms with E-state index in [1.54, 1.807) is 14.0 Å². The Hall–Kier alpha value is -2.31. The number of nitrogens with two attached hydrogens (primary N) is 1. The van der Waals surface area contributed by atoms with Gasteiger partial charge < -0.3 is 20.5 Å². The Morgan fingerprint density at radius 1 is 1.45 bits per heavy atom. The first-order valence-electron chi connectivity index (χ1n) is 6.35. The maximum atomic E-state index is 11.8. The zero-order chi connectivity index (χ0) is 15.3. The number of hydrogen-bond donors (Lipinski definition) is 2. The second kappa shape index (κ2) is 6.74. The van der Waals surface area contributed by atoms with Gasteiger partial charge in [-0.15, -0.1) is 0 Å². The predicted molar refractivity (Wildman–Crippen MR) is 76.0 cm³/mol. The Kier molecular flexibility index (Phi) is 5.31. The van der Waals surface area contributed by atoms with Crippen LogP contribution in [0.4, 0.5) is 5.69 Å². The Bertz CT molecular complexity index is 553. The minimum Gasteiger partial charge on any atom is -0.398 e. The van der Waals surface area contributed by atoms with E-state index in [1.165, 1.54) is 27.8 Å². The predicted octanol–water partition coefficient (Wildman–Crippen LogP) is -0.586. The Labute approximate surface area is 117 Å². The second-order valence-electron chi connectivity index (χ2n) is 4.57. The van der Waals surface area contributed by atoms with E-state index in [0.717, 1.165) is 0 Å². The molecule has 20 heavy (non-hydrogen) atoms. The van der Waals surface area contributed by atoms with Crippen LogP contribution < -0.4 is 16.6 Å². The monoisotopic (exact) mass is 280 g/mol. The molecule has 7 nitrogen and oxygen atoms in total. The quantitative estimate of drug-likeness (QED) is 0.753. The summed E-state index contributed by atoms with van der Waals surface area (Å²) >= 11 is 0. The van der Waals surface area contributed by atoms with Crippen molar-refractivity contribution in [1.82, 2.24) is 14.8 Å². The first kappa shape index (κ1) is 15.7. The van der Waals surface area contributed by atoms with E-state index in [-0.39, 0.29) is 18.0 Å². The molecule has 3 N–H and O–H groups in total. The fourth-order valence-corrected chi connectivity index (χ4v) is 1.66. The summed E-state index contributed by atoms with van der Waals surface area (Å²) in [5.41, 5.74) is 5.63. The normalized spacial score (nSPS) is 11.8. The molecule has 1 aromatic rings. The minimum atomic E-state index is -0.635. The van der Waals surface area contributed by atoms with E-state index in [2.05, 4.69) is 5.32 Å². The van der Waals surface area contributed by atoms with Crippen molar-refractivity contribution in [2.45, 2.75) is 26.4 Å². The Morgan fingerprint density at radius 2 is 2.10 bits per heavy atom. The molecule has 110 valence electrons. The van der Waals surface area contributed by atoms with E-state index in [4.69, 9.17) is 5.73 Å². The van der Waals surface area contributed by atoms with Gasteiger partial charge in [0.25, 0.3) is 5.56 Å². The highest BCUT2D eigenvalue weighted by Gasteiger charge is 2.18. The number of nitrogens with zero attached hydrogens (tertiary/aromatic N) is 2. The molecule has 0 saturated carbocycles. The third kappa shape index (κ3) is 4.11. The highest BCUT2D eigenvalue weighted by molar-refractivity contribution is 5.87. The maximum absolute atomic E-state index is 11.8. The van der Waals surface area contributed by atoms with Gasteiger partial charge in [-0.05, 0) is 19.9 Å². The molecule has 0 radical (unpaired) electrons. The van der Waals surface area contributed by atoms with Gasteiger partial charge in [0.15, 0.2) is 0 Å². The highest BCUT2D eigenvalue weighted by atomic mass is 16.2. The van der Waals surface area contributed by atoms with Gasteiger partial charge in [0.2, 0.25) is 11.8 Å². The van der Waals surface area contributed by atoms with Gasteiger partial charge in [0.1, 0.15) is 12.6 Å². The largest absolute Gasteiger partial charge is 0.398 e. The second-order valence-corrected chi connectivity index (χ2v) is 4.57. The highest BCUT2D eigenvalue weighted by Crippen LogP contribution is 1.96. The molecule has 0 fully saturated rings. The molecular formula is C13H20N4O3. The van der Waals surface area contributed by atoms with Crippen molar-refractivity contribution >= 4 is 17.5 Å². The molecule has 1 heterocycles. The van der Waals surface area contributed by atoms with Crippen LogP contribution in [-0.2, 0) is 16.1 Å². The van der Waals surface area contributed by atoms with Gasteiger partial charge in [0, 0.05) is 31.5 Å². The third-order valence-electron chi connectivity index (χ3n) is 2.92. The smallest absolute Gasteiger partial charge is 0.251 e. The van der Waals surface area contributed by atoms with Gasteiger partial charge in [-0.25, -0.2) is 0 Å². The van der Waals surface area contributed by atoms with Crippen molar-refractivity contribution in [3.8, 4) is 0 Å². The van der Waals surface area contributed by atoms with E-state index >= 15 is 0 Å². The van der Waals surface area contributed by atoms with Gasteiger partial charge in [0.05, 0.1) is 0 Å². The SMILES string of the molecule is CCN(C)C(=O)C(C)NC(=O)Cn1cc(N)ccc1=O. The third-order valence-corrected chi connectivity index (χ3v) is 2.92. The number of rotatable bonds is 5. The minimum absolute atomic E-state index is 0.169. The number of hydrogen-bond acceptors (Lipinski definition) is 4. The summed E-state index contributed by atoms with van der Waals surface area (Å²) in [4.78, 5) is 36.7. The van der Waals surface area contributed by atoms with E-state index in [0.29, 0.717) is 12.2 Å². The number of aromatic nitrogens is 1. The average Bonchev–Trinajstić information content (AvgIpc) is 2.40. The number of pyridine rings is 1. The fraction of sp³-hybridized carbons (Fsp3) is 0.462. The van der Waals surface area contributed by atoms with Gasteiger partial charge >= 0.3 is 0 Å². The number of anilines is 1. The summed E-state index contributed by atoms with van der Waals surface area (Å²) in [6, 6.07) is 2.13. The molecule has 2 amide bonds. The van der Waals surface area contributed by atoms with Crippen LogP contribution in [0.5, 0.6) is 0 Å². The van der Waals surface area contributed by atoms with Gasteiger partial charge in [-0.3, -0.25) is 14.4 Å². The molecule has 0 saturated heterocycles. The lowest BCUT2D eigenvalue weighted by Gasteiger charge is -2.20. The Balaban J connectivity index is 2.66. The summed E-state index contributed by atoms with van der Waals surface area (Å²) in [5, 5.41) is 2.56. The molecule has 1 aromatic heterocycles. The van der Waals surface area contributed by atoms with Crippen LogP contribution in [0.3, 0.4) is 0 Å². The van der Waals surface area contributed by atoms with E-state index < -0.39 is 11.9 Å². The van der Waals surface area contributed by atoms with Crippen LogP contribution in [-0.4, -0.2) is 40.9 Å². The van der Waals surface area contributed by atoms with E-state index in [9.17, 15) is 14.4 Å². The maximum Gasteiger partial charge on any atom is 0.251 e. The summed E-state index contributed by atoms with van der Waals surface area (Å²) in [7, 11) is 1.66. The molecule has 0 aliphatic carbocycles. The number of carbonyl (C=O) groups is 2. The zero-order valence-electron chi connectivity index (χ0n) is 11.9. The summed E-state index contributed by atoms with van der Waals surface area (Å²) in [6.07, 6.45) is 1.40. The lowest BCUT2D eigenvalue weighted by molar-refractivity contribution is -0.134. The molecular weight excluding hydrogens is 260 g/mol. The number of likely N-dealkylation sites (N-methyl/N-ethyl adjacent to an activating group) is 1. The van der Waals surface area contributed by atoms with Crippen molar-refractivity contribution in [3.63, 3.8) is 0 Å². The standard InChI is InChI=1S/C13H20N4O3/c1-4-16(3)13(20)9(2)15-11(18)8-17-7-10(14)5-6-12(17)19/h5-7,9H,4,8,14H2,1-3H3,(H,15,18). The molecule has 0 bridgehead atoms. The molecule has 7 heteroatoms. The van der Waals surface area contributed by atoms with Crippen LogP contribution in [0, 0.1) is 0 Å². The van der Waals surface area contributed by atoms with Crippen LogP contribution in [0.15, 0.2) is 23.1 Å².